The summed E-state index contributed by atoms with van der Waals surface area (Å²) in [6.45, 7) is 2.56. The highest BCUT2D eigenvalue weighted by molar-refractivity contribution is 5.22. The number of benzene rings is 1. The van der Waals surface area contributed by atoms with Gasteiger partial charge in [-0.15, -0.1) is 0 Å². The number of hydrogen-bond acceptors (Lipinski definition) is 1. The Hall–Kier alpha value is -1.22. The molecule has 0 aliphatic rings. The lowest BCUT2D eigenvalue weighted by atomic mass is 10.1. The molecule has 0 fully saturated rings. The molecular weight excluding hydrogens is 196 g/mol. The van der Waals surface area contributed by atoms with Crippen molar-refractivity contribution in [2.24, 2.45) is 5.73 Å². The Bertz CT molecular complexity index is 359. The average Bonchev–Trinajstić information content (AvgIpc) is 2.20. The summed E-state index contributed by atoms with van der Waals surface area (Å²) < 4.78 is 25.5. The summed E-state index contributed by atoms with van der Waals surface area (Å²) in [5, 5.41) is 0. The molecule has 0 unspecified atom stereocenters. The van der Waals surface area contributed by atoms with Gasteiger partial charge in [0.25, 0.3) is 0 Å². The van der Waals surface area contributed by atoms with Gasteiger partial charge in [0.1, 0.15) is 0 Å². The predicted molar refractivity (Wildman–Crippen MR) is 57.5 cm³/mol. The van der Waals surface area contributed by atoms with Gasteiger partial charge in [0.05, 0.1) is 0 Å². The topological polar surface area (TPSA) is 26.0 Å². The molecule has 0 spiro atoms. The van der Waals surface area contributed by atoms with Gasteiger partial charge in [0, 0.05) is 0 Å². The van der Waals surface area contributed by atoms with Crippen molar-refractivity contribution in [3.05, 3.63) is 47.0 Å². The molecule has 0 atom stereocenters. The standard InChI is InChI=1S/C12H15F2N/c1-9(3-2-6-15)7-10-4-5-11(13)12(14)8-10/h3-5,8H,2,6-7,15H2,1H3/b9-3-. The molecule has 15 heavy (non-hydrogen) atoms. The minimum Gasteiger partial charge on any atom is -0.330 e. The zero-order valence-corrected chi connectivity index (χ0v) is 8.76. The second-order valence-corrected chi connectivity index (χ2v) is 3.55. The first-order valence-corrected chi connectivity index (χ1v) is 4.93. The number of rotatable bonds is 4. The van der Waals surface area contributed by atoms with E-state index < -0.39 is 11.6 Å². The molecule has 0 heterocycles. The van der Waals surface area contributed by atoms with Crippen LogP contribution in [0.3, 0.4) is 0 Å². The lowest BCUT2D eigenvalue weighted by molar-refractivity contribution is 0.507. The second kappa shape index (κ2) is 5.61. The zero-order valence-electron chi connectivity index (χ0n) is 8.76. The minimum atomic E-state index is -0.803. The molecule has 1 nitrogen and oxygen atoms in total. The van der Waals surface area contributed by atoms with Gasteiger partial charge in [-0.1, -0.05) is 17.7 Å². The van der Waals surface area contributed by atoms with E-state index in [0.717, 1.165) is 23.6 Å². The fourth-order valence-corrected chi connectivity index (χ4v) is 1.37. The average molecular weight is 211 g/mol. The van der Waals surface area contributed by atoms with Crippen LogP contribution in [0.4, 0.5) is 8.78 Å². The molecule has 82 valence electrons. The Morgan fingerprint density at radius 1 is 1.33 bits per heavy atom. The first kappa shape index (κ1) is 11.9. The molecule has 1 aromatic carbocycles. The van der Waals surface area contributed by atoms with E-state index in [1.54, 1.807) is 6.07 Å². The molecule has 0 aromatic heterocycles. The third-order valence-corrected chi connectivity index (χ3v) is 2.13. The van der Waals surface area contributed by atoms with E-state index >= 15 is 0 Å². The van der Waals surface area contributed by atoms with Crippen LogP contribution in [0.25, 0.3) is 0 Å². The van der Waals surface area contributed by atoms with Crippen molar-refractivity contribution < 1.29 is 8.78 Å². The van der Waals surface area contributed by atoms with Gasteiger partial charge >= 0.3 is 0 Å². The summed E-state index contributed by atoms with van der Waals surface area (Å²) in [6, 6.07) is 3.98. The van der Waals surface area contributed by atoms with Crippen LogP contribution in [-0.2, 0) is 6.42 Å². The van der Waals surface area contributed by atoms with Crippen molar-refractivity contribution >= 4 is 0 Å². The molecule has 2 N–H and O–H groups in total. The minimum absolute atomic E-state index is 0.606. The van der Waals surface area contributed by atoms with Crippen LogP contribution in [0.5, 0.6) is 0 Å². The normalized spacial score (nSPS) is 11.9. The van der Waals surface area contributed by atoms with Gasteiger partial charge < -0.3 is 5.73 Å². The summed E-state index contributed by atoms with van der Waals surface area (Å²) in [5.41, 5.74) is 7.25. The van der Waals surface area contributed by atoms with Crippen molar-refractivity contribution in [2.75, 3.05) is 6.54 Å². The number of nitrogens with two attached hydrogens (primary N) is 1. The van der Waals surface area contributed by atoms with Gasteiger partial charge in [-0.25, -0.2) is 8.78 Å². The molecule has 0 saturated heterocycles. The van der Waals surface area contributed by atoms with Crippen LogP contribution >= 0.6 is 0 Å². The fraction of sp³-hybridized carbons (Fsp3) is 0.333. The fourth-order valence-electron chi connectivity index (χ4n) is 1.37. The van der Waals surface area contributed by atoms with E-state index in [2.05, 4.69) is 0 Å². The molecule has 1 aromatic rings. The van der Waals surface area contributed by atoms with Crippen molar-refractivity contribution in [1.82, 2.24) is 0 Å². The Morgan fingerprint density at radius 3 is 2.67 bits per heavy atom. The first-order chi connectivity index (χ1) is 7.13. The second-order valence-electron chi connectivity index (χ2n) is 3.55. The van der Waals surface area contributed by atoms with E-state index in [1.165, 1.54) is 6.07 Å². The number of hydrogen-bond donors (Lipinski definition) is 1. The van der Waals surface area contributed by atoms with Gasteiger partial charge in [0.15, 0.2) is 11.6 Å². The van der Waals surface area contributed by atoms with Crippen LogP contribution in [0.15, 0.2) is 29.8 Å². The van der Waals surface area contributed by atoms with Crippen LogP contribution in [0, 0.1) is 11.6 Å². The quantitative estimate of drug-likeness (QED) is 0.761. The molecule has 1 rings (SSSR count). The van der Waals surface area contributed by atoms with Gasteiger partial charge in [-0.05, 0) is 44.0 Å². The Labute approximate surface area is 88.6 Å². The Kier molecular flexibility index (Phi) is 4.43. The van der Waals surface area contributed by atoms with Crippen LogP contribution in [0.2, 0.25) is 0 Å². The van der Waals surface area contributed by atoms with Crippen LogP contribution in [0.1, 0.15) is 18.9 Å². The van der Waals surface area contributed by atoms with Crippen molar-refractivity contribution in [3.63, 3.8) is 0 Å². The Balaban J connectivity index is 2.68. The van der Waals surface area contributed by atoms with Crippen molar-refractivity contribution in [1.29, 1.82) is 0 Å². The van der Waals surface area contributed by atoms with Crippen molar-refractivity contribution in [3.8, 4) is 0 Å². The summed E-state index contributed by atoms with van der Waals surface area (Å²) in [7, 11) is 0. The number of allylic oxidation sites excluding steroid dienone is 1. The molecule has 0 aliphatic carbocycles. The highest BCUT2D eigenvalue weighted by Gasteiger charge is 2.02. The monoisotopic (exact) mass is 211 g/mol. The summed E-state index contributed by atoms with van der Waals surface area (Å²) in [4.78, 5) is 0. The van der Waals surface area contributed by atoms with E-state index in [4.69, 9.17) is 5.73 Å². The van der Waals surface area contributed by atoms with Crippen molar-refractivity contribution in [2.45, 2.75) is 19.8 Å². The highest BCUT2D eigenvalue weighted by atomic mass is 19.2. The van der Waals surface area contributed by atoms with Gasteiger partial charge in [0.2, 0.25) is 0 Å². The molecule has 0 amide bonds. The van der Waals surface area contributed by atoms with E-state index in [9.17, 15) is 8.78 Å². The van der Waals surface area contributed by atoms with Crippen LogP contribution < -0.4 is 5.73 Å². The maximum atomic E-state index is 12.9. The maximum Gasteiger partial charge on any atom is 0.159 e. The third kappa shape index (κ3) is 3.80. The zero-order chi connectivity index (χ0) is 11.3. The summed E-state index contributed by atoms with van der Waals surface area (Å²) in [5.74, 6) is -1.60. The molecular formula is C12H15F2N. The smallest absolute Gasteiger partial charge is 0.159 e. The molecule has 0 bridgehead atoms. The molecule has 0 saturated carbocycles. The summed E-state index contributed by atoms with van der Waals surface area (Å²) in [6.07, 6.45) is 3.47. The lowest BCUT2D eigenvalue weighted by Gasteiger charge is -2.02. The number of halogens is 2. The largest absolute Gasteiger partial charge is 0.330 e. The molecule has 3 heteroatoms. The summed E-state index contributed by atoms with van der Waals surface area (Å²) >= 11 is 0. The molecule has 0 radical (unpaired) electrons. The van der Waals surface area contributed by atoms with E-state index in [-0.39, 0.29) is 0 Å². The Morgan fingerprint density at radius 2 is 2.07 bits per heavy atom. The SMILES string of the molecule is C/C(=C/CCN)Cc1ccc(F)c(F)c1. The predicted octanol–water partition coefficient (Wildman–Crippen LogP) is 2.80. The maximum absolute atomic E-state index is 12.9. The van der Waals surface area contributed by atoms with E-state index in [1.807, 2.05) is 13.0 Å². The third-order valence-electron chi connectivity index (χ3n) is 2.13. The van der Waals surface area contributed by atoms with Gasteiger partial charge in [-0.3, -0.25) is 0 Å². The van der Waals surface area contributed by atoms with Crippen LogP contribution in [-0.4, -0.2) is 6.54 Å². The first-order valence-electron chi connectivity index (χ1n) is 4.93. The lowest BCUT2D eigenvalue weighted by Crippen LogP contribution is -1.97. The van der Waals surface area contributed by atoms with Gasteiger partial charge in [-0.2, -0.15) is 0 Å². The van der Waals surface area contributed by atoms with E-state index in [0.29, 0.717) is 13.0 Å². The highest BCUT2D eigenvalue weighted by Crippen LogP contribution is 2.12. The molecule has 0 aliphatic heterocycles.